The Labute approximate surface area is 176 Å². The lowest BCUT2D eigenvalue weighted by Crippen LogP contribution is -2.33. The van der Waals surface area contributed by atoms with Gasteiger partial charge in [0.1, 0.15) is 0 Å². The minimum Gasteiger partial charge on any atom is -0.326 e. The average molecular weight is 429 g/mol. The highest BCUT2D eigenvalue weighted by Gasteiger charge is 2.30. The molecule has 150 valence electrons. The van der Waals surface area contributed by atoms with Crippen LogP contribution in [-0.4, -0.2) is 14.3 Å². The van der Waals surface area contributed by atoms with Crippen LogP contribution in [0.1, 0.15) is 25.5 Å². The van der Waals surface area contributed by atoms with Crippen molar-refractivity contribution in [3.05, 3.63) is 89.4 Å². The molecule has 1 N–H and O–H groups in total. The van der Waals surface area contributed by atoms with Crippen LogP contribution in [-0.2, 0) is 14.8 Å². The summed E-state index contributed by atoms with van der Waals surface area (Å²) in [5.41, 5.74) is 1.91. The lowest BCUT2D eigenvalue weighted by molar-refractivity contribution is -0.114. The molecule has 3 aromatic carbocycles. The lowest BCUT2D eigenvalue weighted by atomic mass is 10.1. The number of anilines is 2. The molecule has 0 aliphatic rings. The first kappa shape index (κ1) is 20.9. The summed E-state index contributed by atoms with van der Waals surface area (Å²) in [4.78, 5) is 11.3. The second kappa shape index (κ2) is 8.68. The first-order valence-corrected chi connectivity index (χ1v) is 10.8. The van der Waals surface area contributed by atoms with Gasteiger partial charge in [0.15, 0.2) is 0 Å². The van der Waals surface area contributed by atoms with Gasteiger partial charge in [-0.05, 0) is 61.0 Å². The Morgan fingerprint density at radius 3 is 2.07 bits per heavy atom. The molecule has 0 aliphatic heterocycles. The summed E-state index contributed by atoms with van der Waals surface area (Å²) < 4.78 is 28.5. The maximum absolute atomic E-state index is 13.6. The van der Waals surface area contributed by atoms with E-state index < -0.39 is 16.1 Å². The van der Waals surface area contributed by atoms with Gasteiger partial charge in [0.05, 0.1) is 16.6 Å². The first-order valence-electron chi connectivity index (χ1n) is 9.01. The Hall–Kier alpha value is -2.83. The largest absolute Gasteiger partial charge is 0.326 e. The van der Waals surface area contributed by atoms with E-state index in [1.165, 1.54) is 23.4 Å². The van der Waals surface area contributed by atoms with E-state index in [1.807, 2.05) is 37.3 Å². The fraction of sp³-hybridized carbons (Fsp3) is 0.136. The zero-order valence-corrected chi connectivity index (χ0v) is 17.6. The van der Waals surface area contributed by atoms with Crippen molar-refractivity contribution < 1.29 is 13.2 Å². The summed E-state index contributed by atoms with van der Waals surface area (Å²) in [5, 5.41) is 3.16. The van der Waals surface area contributed by atoms with Gasteiger partial charge in [-0.1, -0.05) is 41.9 Å². The van der Waals surface area contributed by atoms with Crippen molar-refractivity contribution in [2.75, 3.05) is 9.62 Å². The second-order valence-corrected chi connectivity index (χ2v) is 8.82. The van der Waals surface area contributed by atoms with Crippen LogP contribution >= 0.6 is 11.6 Å². The Balaban J connectivity index is 2.06. The lowest BCUT2D eigenvalue weighted by Gasteiger charge is -2.31. The molecule has 0 fully saturated rings. The van der Waals surface area contributed by atoms with Crippen LogP contribution in [0.25, 0.3) is 0 Å². The van der Waals surface area contributed by atoms with Crippen LogP contribution < -0.4 is 9.62 Å². The standard InChI is InChI=1S/C22H21ClN2O3S/c1-16(18-6-4-3-5-7-18)25(21-12-8-19(23)9-13-21)29(27,28)22-14-10-20(11-15-22)24-17(2)26/h3-16H,1-2H3,(H,24,26). The molecule has 7 heteroatoms. The van der Waals surface area contributed by atoms with E-state index in [-0.39, 0.29) is 10.8 Å². The molecule has 3 aromatic rings. The summed E-state index contributed by atoms with van der Waals surface area (Å²) in [5.74, 6) is -0.221. The Morgan fingerprint density at radius 2 is 1.52 bits per heavy atom. The molecule has 0 bridgehead atoms. The highest BCUT2D eigenvalue weighted by atomic mass is 35.5. The van der Waals surface area contributed by atoms with Crippen LogP contribution in [0.4, 0.5) is 11.4 Å². The monoisotopic (exact) mass is 428 g/mol. The third-order valence-electron chi connectivity index (χ3n) is 4.45. The molecule has 5 nitrogen and oxygen atoms in total. The number of nitrogens with zero attached hydrogens (tertiary/aromatic N) is 1. The number of hydrogen-bond acceptors (Lipinski definition) is 3. The Morgan fingerprint density at radius 1 is 0.931 bits per heavy atom. The van der Waals surface area contributed by atoms with Gasteiger partial charge in [0, 0.05) is 17.6 Å². The van der Waals surface area contributed by atoms with Crippen LogP contribution in [0.15, 0.2) is 83.8 Å². The molecular formula is C22H21ClN2O3S. The summed E-state index contributed by atoms with van der Waals surface area (Å²) in [7, 11) is -3.88. The van der Waals surface area contributed by atoms with E-state index in [0.29, 0.717) is 16.4 Å². The number of amides is 1. The highest BCUT2D eigenvalue weighted by Crippen LogP contribution is 2.34. The zero-order valence-electron chi connectivity index (χ0n) is 16.0. The van der Waals surface area contributed by atoms with Gasteiger partial charge < -0.3 is 5.32 Å². The molecule has 3 rings (SSSR count). The zero-order chi connectivity index (χ0) is 21.0. The minimum atomic E-state index is -3.88. The molecule has 0 heterocycles. The van der Waals surface area contributed by atoms with Crippen molar-refractivity contribution in [3.8, 4) is 0 Å². The normalized spacial score (nSPS) is 12.2. The number of benzene rings is 3. The van der Waals surface area contributed by atoms with Gasteiger partial charge in [0.25, 0.3) is 10.0 Å². The number of sulfonamides is 1. The van der Waals surface area contributed by atoms with Crippen molar-refractivity contribution in [1.82, 2.24) is 0 Å². The summed E-state index contributed by atoms with van der Waals surface area (Å²) >= 11 is 6.00. The number of carbonyl (C=O) groups excluding carboxylic acids is 1. The third-order valence-corrected chi connectivity index (χ3v) is 6.61. The fourth-order valence-corrected chi connectivity index (χ4v) is 4.82. The molecule has 0 saturated heterocycles. The third kappa shape index (κ3) is 4.78. The van der Waals surface area contributed by atoms with Gasteiger partial charge in [-0.25, -0.2) is 8.42 Å². The molecule has 0 radical (unpaired) electrons. The van der Waals surface area contributed by atoms with Gasteiger partial charge in [-0.15, -0.1) is 0 Å². The molecule has 0 aliphatic carbocycles. The SMILES string of the molecule is CC(=O)Nc1ccc(S(=O)(=O)N(c2ccc(Cl)cc2)C(C)c2ccccc2)cc1. The smallest absolute Gasteiger partial charge is 0.264 e. The Kier molecular flexibility index (Phi) is 6.25. The van der Waals surface area contributed by atoms with E-state index in [4.69, 9.17) is 11.6 Å². The first-order chi connectivity index (χ1) is 13.8. The van der Waals surface area contributed by atoms with E-state index in [9.17, 15) is 13.2 Å². The van der Waals surface area contributed by atoms with Crippen molar-refractivity contribution in [2.24, 2.45) is 0 Å². The summed E-state index contributed by atoms with van der Waals surface area (Å²) in [6.07, 6.45) is 0. The van der Waals surface area contributed by atoms with Crippen molar-refractivity contribution in [1.29, 1.82) is 0 Å². The fourth-order valence-electron chi connectivity index (χ4n) is 3.05. The van der Waals surface area contributed by atoms with Crippen molar-refractivity contribution in [3.63, 3.8) is 0 Å². The maximum atomic E-state index is 13.6. The van der Waals surface area contributed by atoms with E-state index >= 15 is 0 Å². The minimum absolute atomic E-state index is 0.129. The molecular weight excluding hydrogens is 408 g/mol. The van der Waals surface area contributed by atoms with Crippen LogP contribution in [0.3, 0.4) is 0 Å². The highest BCUT2D eigenvalue weighted by molar-refractivity contribution is 7.92. The van der Waals surface area contributed by atoms with Crippen molar-refractivity contribution in [2.45, 2.75) is 24.8 Å². The average Bonchev–Trinajstić information content (AvgIpc) is 2.70. The van der Waals surface area contributed by atoms with Crippen LogP contribution in [0, 0.1) is 0 Å². The van der Waals surface area contributed by atoms with E-state index in [2.05, 4.69) is 5.32 Å². The molecule has 1 amide bonds. The predicted octanol–water partition coefficient (Wildman–Crippen LogP) is 5.25. The van der Waals surface area contributed by atoms with Crippen LogP contribution in [0.5, 0.6) is 0 Å². The summed E-state index contributed by atoms with van der Waals surface area (Å²) in [6.45, 7) is 3.24. The topological polar surface area (TPSA) is 66.5 Å². The number of carbonyl (C=O) groups is 1. The second-order valence-electron chi connectivity index (χ2n) is 6.57. The molecule has 1 atom stereocenters. The van der Waals surface area contributed by atoms with Gasteiger partial charge in [-0.2, -0.15) is 0 Å². The number of halogens is 1. The molecule has 0 aromatic heterocycles. The van der Waals surface area contributed by atoms with E-state index in [0.717, 1.165) is 5.56 Å². The predicted molar refractivity (Wildman–Crippen MR) is 117 cm³/mol. The quantitative estimate of drug-likeness (QED) is 0.582. The van der Waals surface area contributed by atoms with Gasteiger partial charge >= 0.3 is 0 Å². The maximum Gasteiger partial charge on any atom is 0.264 e. The van der Waals surface area contributed by atoms with E-state index in [1.54, 1.807) is 36.4 Å². The van der Waals surface area contributed by atoms with Crippen molar-refractivity contribution >= 4 is 38.9 Å². The number of rotatable bonds is 6. The molecule has 0 saturated carbocycles. The number of nitrogens with one attached hydrogen (secondary N) is 1. The molecule has 0 spiro atoms. The Bertz CT molecular complexity index is 1080. The van der Waals surface area contributed by atoms with Crippen LogP contribution in [0.2, 0.25) is 5.02 Å². The summed E-state index contributed by atoms with van der Waals surface area (Å²) in [6, 6.07) is 21.8. The van der Waals surface area contributed by atoms with Gasteiger partial charge in [-0.3, -0.25) is 9.10 Å². The molecule has 1 unspecified atom stereocenters. The molecule has 29 heavy (non-hydrogen) atoms. The number of hydrogen-bond donors (Lipinski definition) is 1. The van der Waals surface area contributed by atoms with Gasteiger partial charge in [0.2, 0.25) is 5.91 Å².